The van der Waals surface area contributed by atoms with E-state index in [2.05, 4.69) is 28.6 Å². The van der Waals surface area contributed by atoms with Gasteiger partial charge in [-0.15, -0.1) is 0 Å². The number of nitrogens with one attached hydrogen (secondary N) is 1. The average Bonchev–Trinajstić information content (AvgIpc) is 3.11. The lowest BCUT2D eigenvalue weighted by molar-refractivity contribution is 0.214. The fourth-order valence-corrected chi connectivity index (χ4v) is 3.14. The molecule has 0 unspecified atom stereocenters. The molecule has 0 spiro atoms. The Bertz CT molecular complexity index is 959. The first-order chi connectivity index (χ1) is 12.7. The van der Waals surface area contributed by atoms with Crippen LogP contribution in [0.5, 0.6) is 5.75 Å². The first kappa shape index (κ1) is 16.2. The second kappa shape index (κ2) is 6.92. The molecule has 26 heavy (non-hydrogen) atoms. The Balaban J connectivity index is 1.43. The van der Waals surface area contributed by atoms with Crippen molar-refractivity contribution in [1.82, 2.24) is 14.6 Å². The number of para-hydroxylation sites is 2. The van der Waals surface area contributed by atoms with E-state index in [1.54, 1.807) is 23.0 Å². The van der Waals surface area contributed by atoms with E-state index in [0.29, 0.717) is 13.1 Å². The molecular weight excluding hydrogens is 328 g/mol. The molecule has 0 aliphatic carbocycles. The SMILES string of the molecule is COc1ccc(C2=CCN(C(=O)Nn3cnc4ccccc43)CC2)cc1. The van der Waals surface area contributed by atoms with Gasteiger partial charge in [-0.3, -0.25) is 0 Å². The van der Waals surface area contributed by atoms with E-state index in [1.807, 2.05) is 36.4 Å². The van der Waals surface area contributed by atoms with Crippen molar-refractivity contribution in [3.8, 4) is 5.75 Å². The molecule has 0 saturated heterocycles. The fraction of sp³-hybridized carbons (Fsp3) is 0.200. The Morgan fingerprint density at radius 1 is 1.15 bits per heavy atom. The van der Waals surface area contributed by atoms with Gasteiger partial charge in [-0.2, -0.15) is 0 Å². The van der Waals surface area contributed by atoms with Gasteiger partial charge in [-0.25, -0.2) is 19.9 Å². The van der Waals surface area contributed by atoms with Gasteiger partial charge in [0.05, 0.1) is 18.1 Å². The number of hydrogen-bond donors (Lipinski definition) is 1. The molecule has 1 N–H and O–H groups in total. The van der Waals surface area contributed by atoms with Gasteiger partial charge in [-0.05, 0) is 41.8 Å². The van der Waals surface area contributed by atoms with Crippen molar-refractivity contribution in [2.24, 2.45) is 0 Å². The molecule has 0 radical (unpaired) electrons. The third-order valence-electron chi connectivity index (χ3n) is 4.63. The maximum Gasteiger partial charge on any atom is 0.336 e. The van der Waals surface area contributed by atoms with E-state index in [9.17, 15) is 4.79 Å². The van der Waals surface area contributed by atoms with E-state index in [4.69, 9.17) is 4.74 Å². The number of imidazole rings is 1. The number of methoxy groups -OCH3 is 1. The van der Waals surface area contributed by atoms with Crippen LogP contribution in [0.25, 0.3) is 16.6 Å². The lowest BCUT2D eigenvalue weighted by Crippen LogP contribution is -2.40. The van der Waals surface area contributed by atoms with Crippen molar-refractivity contribution in [3.05, 3.63) is 66.5 Å². The van der Waals surface area contributed by atoms with E-state index in [1.165, 1.54) is 11.1 Å². The number of urea groups is 1. The van der Waals surface area contributed by atoms with Crippen molar-refractivity contribution in [3.63, 3.8) is 0 Å². The topological polar surface area (TPSA) is 59.4 Å². The van der Waals surface area contributed by atoms with Crippen LogP contribution in [0.15, 0.2) is 60.9 Å². The van der Waals surface area contributed by atoms with Crippen LogP contribution in [0.4, 0.5) is 4.79 Å². The average molecular weight is 348 g/mol. The van der Waals surface area contributed by atoms with E-state index in [-0.39, 0.29) is 6.03 Å². The smallest absolute Gasteiger partial charge is 0.336 e. The Morgan fingerprint density at radius 2 is 1.96 bits per heavy atom. The molecule has 2 amide bonds. The maximum atomic E-state index is 12.6. The summed E-state index contributed by atoms with van der Waals surface area (Å²) in [5.41, 5.74) is 7.06. The summed E-state index contributed by atoms with van der Waals surface area (Å²) in [6.07, 6.45) is 4.56. The highest BCUT2D eigenvalue weighted by atomic mass is 16.5. The molecular formula is C20H20N4O2. The molecule has 4 rings (SSSR count). The minimum absolute atomic E-state index is 0.127. The van der Waals surface area contributed by atoms with Crippen molar-refractivity contribution in [2.75, 3.05) is 25.6 Å². The van der Waals surface area contributed by atoms with Crippen LogP contribution >= 0.6 is 0 Å². The standard InChI is InChI=1S/C20H20N4O2/c1-26-17-8-6-15(7-9-17)16-10-12-23(13-11-16)20(25)22-24-14-21-18-4-2-3-5-19(18)24/h2-10,14H,11-13H2,1H3,(H,22,25). The Morgan fingerprint density at radius 3 is 2.69 bits per heavy atom. The summed E-state index contributed by atoms with van der Waals surface area (Å²) in [4.78, 5) is 18.6. The first-order valence-electron chi connectivity index (χ1n) is 8.56. The van der Waals surface area contributed by atoms with E-state index >= 15 is 0 Å². The van der Waals surface area contributed by atoms with Crippen molar-refractivity contribution in [1.29, 1.82) is 0 Å². The number of nitrogens with zero attached hydrogens (tertiary/aromatic N) is 3. The Hall–Kier alpha value is -3.28. The quantitative estimate of drug-likeness (QED) is 0.788. The number of rotatable bonds is 3. The third-order valence-corrected chi connectivity index (χ3v) is 4.63. The molecule has 6 heteroatoms. The van der Waals surface area contributed by atoms with Gasteiger partial charge in [0.25, 0.3) is 0 Å². The number of hydrogen-bond acceptors (Lipinski definition) is 3. The van der Waals surface area contributed by atoms with Crippen molar-refractivity contribution >= 4 is 22.6 Å². The molecule has 3 aromatic rings. The van der Waals surface area contributed by atoms with Crippen LogP contribution in [0, 0.1) is 0 Å². The number of carbonyl (C=O) groups is 1. The van der Waals surface area contributed by atoms with E-state index in [0.717, 1.165) is 23.2 Å². The number of benzene rings is 2. The second-order valence-electron chi connectivity index (χ2n) is 6.17. The van der Waals surface area contributed by atoms with Gasteiger partial charge in [0, 0.05) is 13.1 Å². The Kier molecular flexibility index (Phi) is 4.31. The lowest BCUT2D eigenvalue weighted by Gasteiger charge is -2.27. The summed E-state index contributed by atoms with van der Waals surface area (Å²) in [6.45, 7) is 1.26. The molecule has 1 aliphatic heterocycles. The van der Waals surface area contributed by atoms with Gasteiger partial charge >= 0.3 is 6.03 Å². The largest absolute Gasteiger partial charge is 0.497 e. The minimum Gasteiger partial charge on any atom is -0.497 e. The molecule has 0 fully saturated rings. The predicted octanol–water partition coefficient (Wildman–Crippen LogP) is 3.50. The zero-order chi connectivity index (χ0) is 17.9. The highest BCUT2D eigenvalue weighted by molar-refractivity contribution is 5.86. The molecule has 6 nitrogen and oxygen atoms in total. The molecule has 2 heterocycles. The Labute approximate surface area is 151 Å². The maximum absolute atomic E-state index is 12.6. The molecule has 1 aliphatic rings. The molecule has 0 atom stereocenters. The van der Waals surface area contributed by atoms with Crippen molar-refractivity contribution < 1.29 is 9.53 Å². The fourth-order valence-electron chi connectivity index (χ4n) is 3.14. The van der Waals surface area contributed by atoms with Gasteiger partial charge < -0.3 is 9.64 Å². The van der Waals surface area contributed by atoms with E-state index < -0.39 is 0 Å². The summed E-state index contributed by atoms with van der Waals surface area (Å²) in [6, 6.07) is 15.6. The van der Waals surface area contributed by atoms with Gasteiger partial charge in [0.1, 0.15) is 12.1 Å². The zero-order valence-corrected chi connectivity index (χ0v) is 14.6. The normalized spacial score (nSPS) is 14.2. The van der Waals surface area contributed by atoms with Gasteiger partial charge in [-0.1, -0.05) is 30.3 Å². The summed E-state index contributed by atoms with van der Waals surface area (Å²) in [5, 5.41) is 0. The van der Waals surface area contributed by atoms with Crippen LogP contribution in [0.2, 0.25) is 0 Å². The summed E-state index contributed by atoms with van der Waals surface area (Å²) in [7, 11) is 1.66. The molecule has 0 saturated carbocycles. The van der Waals surface area contributed by atoms with Crippen LogP contribution in [-0.4, -0.2) is 40.8 Å². The number of aromatic nitrogens is 2. The van der Waals surface area contributed by atoms with Gasteiger partial charge in [0.15, 0.2) is 0 Å². The summed E-state index contributed by atoms with van der Waals surface area (Å²) < 4.78 is 6.86. The molecule has 0 bridgehead atoms. The second-order valence-corrected chi connectivity index (χ2v) is 6.17. The van der Waals surface area contributed by atoms with Crippen LogP contribution in [0.3, 0.4) is 0 Å². The molecule has 1 aromatic heterocycles. The number of amides is 2. The van der Waals surface area contributed by atoms with Gasteiger partial charge in [0.2, 0.25) is 0 Å². The monoisotopic (exact) mass is 348 g/mol. The summed E-state index contributed by atoms with van der Waals surface area (Å²) >= 11 is 0. The number of carbonyl (C=O) groups excluding carboxylic acids is 1. The number of ether oxygens (including phenoxy) is 1. The number of fused-ring (bicyclic) bond motifs is 1. The first-order valence-corrected chi connectivity index (χ1v) is 8.56. The highest BCUT2D eigenvalue weighted by Gasteiger charge is 2.18. The van der Waals surface area contributed by atoms with Crippen molar-refractivity contribution in [2.45, 2.75) is 6.42 Å². The lowest BCUT2D eigenvalue weighted by atomic mass is 9.99. The summed E-state index contributed by atoms with van der Waals surface area (Å²) in [5.74, 6) is 0.846. The molecule has 132 valence electrons. The third kappa shape index (κ3) is 3.13. The van der Waals surface area contributed by atoms with Crippen LogP contribution in [-0.2, 0) is 0 Å². The minimum atomic E-state index is -0.127. The van der Waals surface area contributed by atoms with Crippen LogP contribution in [0.1, 0.15) is 12.0 Å². The predicted molar refractivity (Wildman–Crippen MR) is 102 cm³/mol. The highest BCUT2D eigenvalue weighted by Crippen LogP contribution is 2.24. The van der Waals surface area contributed by atoms with Crippen LogP contribution < -0.4 is 10.2 Å². The zero-order valence-electron chi connectivity index (χ0n) is 14.6. The molecule has 2 aromatic carbocycles.